The van der Waals surface area contributed by atoms with E-state index in [9.17, 15) is 0 Å². The highest BCUT2D eigenvalue weighted by Gasteiger charge is 2.16. The first-order chi connectivity index (χ1) is 16.4. The molecule has 0 aliphatic rings. The van der Waals surface area contributed by atoms with Crippen LogP contribution < -0.4 is 9.64 Å². The molecule has 2 aromatic heterocycles. The van der Waals surface area contributed by atoms with Crippen LogP contribution in [0.15, 0.2) is 109 Å². The second-order valence-electron chi connectivity index (χ2n) is 7.70. The average molecular weight is 433 g/mol. The number of nitrogens with zero attached hydrogens (tertiary/aromatic N) is 4. The third kappa shape index (κ3) is 4.99. The Morgan fingerprint density at radius 2 is 1.48 bits per heavy atom. The Bertz CT molecular complexity index is 1310. The third-order valence-corrected chi connectivity index (χ3v) is 5.39. The highest BCUT2D eigenvalue weighted by atomic mass is 16.5. The van der Waals surface area contributed by atoms with Crippen molar-refractivity contribution in [2.45, 2.75) is 6.54 Å². The van der Waals surface area contributed by atoms with E-state index in [1.165, 1.54) is 5.56 Å². The van der Waals surface area contributed by atoms with E-state index >= 15 is 0 Å². The first-order valence-electron chi connectivity index (χ1n) is 11.0. The zero-order valence-electron chi connectivity index (χ0n) is 18.2. The van der Waals surface area contributed by atoms with Gasteiger partial charge >= 0.3 is 0 Å². The lowest BCUT2D eigenvalue weighted by atomic mass is 10.1. The largest absolute Gasteiger partial charge is 0.492 e. The Kier molecular flexibility index (Phi) is 6.20. The first kappa shape index (κ1) is 20.6. The molecule has 0 saturated heterocycles. The highest BCUT2D eigenvalue weighted by molar-refractivity contribution is 5.91. The van der Waals surface area contributed by atoms with E-state index in [0.29, 0.717) is 25.5 Å². The van der Waals surface area contributed by atoms with Gasteiger partial charge in [0.2, 0.25) is 0 Å². The molecule has 3 aromatic carbocycles. The first-order valence-corrected chi connectivity index (χ1v) is 11.0. The van der Waals surface area contributed by atoms with Crippen molar-refractivity contribution < 1.29 is 4.74 Å². The Hall–Kier alpha value is -4.25. The molecular weight excluding hydrogens is 408 g/mol. The fourth-order valence-electron chi connectivity index (χ4n) is 3.78. The van der Waals surface area contributed by atoms with Crippen LogP contribution in [-0.4, -0.2) is 28.1 Å². The monoisotopic (exact) mass is 432 g/mol. The van der Waals surface area contributed by atoms with Crippen molar-refractivity contribution >= 4 is 16.7 Å². The molecule has 5 heteroatoms. The molecule has 0 N–H and O–H groups in total. The molecule has 0 unspecified atom stereocenters. The number of hydrogen-bond donors (Lipinski definition) is 0. The summed E-state index contributed by atoms with van der Waals surface area (Å²) in [6.45, 7) is 1.93. The van der Waals surface area contributed by atoms with Crippen molar-refractivity contribution in [2.75, 3.05) is 18.1 Å². The molecular formula is C28H24N4O. The standard InChI is InChI=1S/C28H24N4O/c1-3-10-22(11-4-1)21-32(18-19-33-24-13-5-2-6-14-24)28-25-15-7-8-16-26(25)30-27(31-28)23-12-9-17-29-20-23/h1-17,20H,18-19,21H2. The van der Waals surface area contributed by atoms with Gasteiger partial charge in [-0.1, -0.05) is 60.7 Å². The van der Waals surface area contributed by atoms with E-state index in [2.05, 4.69) is 40.2 Å². The van der Waals surface area contributed by atoms with E-state index in [0.717, 1.165) is 28.0 Å². The number of benzene rings is 3. The van der Waals surface area contributed by atoms with Gasteiger partial charge in [-0.05, 0) is 42.0 Å². The number of para-hydroxylation sites is 2. The molecule has 0 fully saturated rings. The van der Waals surface area contributed by atoms with Crippen LogP contribution in [0.25, 0.3) is 22.3 Å². The van der Waals surface area contributed by atoms with Gasteiger partial charge < -0.3 is 9.64 Å². The van der Waals surface area contributed by atoms with Gasteiger partial charge in [-0.25, -0.2) is 9.97 Å². The van der Waals surface area contributed by atoms with Gasteiger partial charge in [0.25, 0.3) is 0 Å². The molecule has 5 rings (SSSR count). The average Bonchev–Trinajstić information content (AvgIpc) is 2.89. The Balaban J connectivity index is 1.53. The van der Waals surface area contributed by atoms with Crippen molar-refractivity contribution in [3.63, 3.8) is 0 Å². The second kappa shape index (κ2) is 9.92. The molecule has 5 aromatic rings. The molecule has 5 nitrogen and oxygen atoms in total. The van der Waals surface area contributed by atoms with E-state index in [-0.39, 0.29) is 0 Å². The summed E-state index contributed by atoms with van der Waals surface area (Å²) in [6, 6.07) is 32.4. The van der Waals surface area contributed by atoms with Crippen molar-refractivity contribution in [1.29, 1.82) is 0 Å². The second-order valence-corrected chi connectivity index (χ2v) is 7.70. The smallest absolute Gasteiger partial charge is 0.163 e. The zero-order valence-corrected chi connectivity index (χ0v) is 18.2. The van der Waals surface area contributed by atoms with Gasteiger partial charge in [0.05, 0.1) is 12.1 Å². The van der Waals surface area contributed by atoms with Crippen LogP contribution in [0, 0.1) is 0 Å². The lowest BCUT2D eigenvalue weighted by molar-refractivity contribution is 0.323. The predicted molar refractivity (Wildman–Crippen MR) is 132 cm³/mol. The predicted octanol–water partition coefficient (Wildman–Crippen LogP) is 5.78. The maximum absolute atomic E-state index is 6.03. The Labute approximate surface area is 193 Å². The number of fused-ring (bicyclic) bond motifs is 1. The fourth-order valence-corrected chi connectivity index (χ4v) is 3.78. The molecule has 0 radical (unpaired) electrons. The summed E-state index contributed by atoms with van der Waals surface area (Å²) < 4.78 is 6.03. The Morgan fingerprint density at radius 3 is 2.27 bits per heavy atom. The highest BCUT2D eigenvalue weighted by Crippen LogP contribution is 2.28. The molecule has 0 aliphatic carbocycles. The molecule has 0 spiro atoms. The summed E-state index contributed by atoms with van der Waals surface area (Å²) in [5.74, 6) is 2.42. The van der Waals surface area contributed by atoms with Crippen LogP contribution in [0.1, 0.15) is 5.56 Å². The normalized spacial score (nSPS) is 10.8. The van der Waals surface area contributed by atoms with E-state index < -0.39 is 0 Å². The van der Waals surface area contributed by atoms with Gasteiger partial charge in [-0.3, -0.25) is 4.98 Å². The number of pyridine rings is 1. The number of hydrogen-bond acceptors (Lipinski definition) is 5. The summed E-state index contributed by atoms with van der Waals surface area (Å²) in [6.07, 6.45) is 3.56. The van der Waals surface area contributed by atoms with Crippen LogP contribution in [0.2, 0.25) is 0 Å². The van der Waals surface area contributed by atoms with Crippen LogP contribution in [0.3, 0.4) is 0 Å². The third-order valence-electron chi connectivity index (χ3n) is 5.39. The lowest BCUT2D eigenvalue weighted by Crippen LogP contribution is -2.29. The molecule has 0 amide bonds. The summed E-state index contributed by atoms with van der Waals surface area (Å²) >= 11 is 0. The minimum Gasteiger partial charge on any atom is -0.492 e. The van der Waals surface area contributed by atoms with Crippen LogP contribution in [-0.2, 0) is 6.54 Å². The number of aromatic nitrogens is 3. The van der Waals surface area contributed by atoms with Gasteiger partial charge in [-0.15, -0.1) is 0 Å². The van der Waals surface area contributed by atoms with Crippen molar-refractivity contribution in [3.05, 3.63) is 115 Å². The minimum atomic E-state index is 0.539. The summed E-state index contributed by atoms with van der Waals surface area (Å²) in [7, 11) is 0. The van der Waals surface area contributed by atoms with E-state index in [1.54, 1.807) is 12.4 Å². The van der Waals surface area contributed by atoms with E-state index in [4.69, 9.17) is 14.7 Å². The molecule has 0 atom stereocenters. The van der Waals surface area contributed by atoms with Crippen LogP contribution in [0.4, 0.5) is 5.82 Å². The Morgan fingerprint density at radius 1 is 0.727 bits per heavy atom. The number of ether oxygens (including phenoxy) is 1. The summed E-state index contributed by atoms with van der Waals surface area (Å²) in [4.78, 5) is 16.3. The molecule has 0 aliphatic heterocycles. The number of anilines is 1. The van der Waals surface area contributed by atoms with Gasteiger partial charge in [0, 0.05) is 29.9 Å². The summed E-state index contributed by atoms with van der Waals surface area (Å²) in [5.41, 5.74) is 3.01. The van der Waals surface area contributed by atoms with E-state index in [1.807, 2.05) is 66.7 Å². The fraction of sp³-hybridized carbons (Fsp3) is 0.107. The van der Waals surface area contributed by atoms with Crippen LogP contribution >= 0.6 is 0 Å². The lowest BCUT2D eigenvalue weighted by Gasteiger charge is -2.26. The maximum Gasteiger partial charge on any atom is 0.163 e. The molecule has 0 saturated carbocycles. The molecule has 162 valence electrons. The van der Waals surface area contributed by atoms with Gasteiger partial charge in [0.1, 0.15) is 18.2 Å². The SMILES string of the molecule is c1ccc(CN(CCOc2ccccc2)c2nc(-c3cccnc3)nc3ccccc23)cc1. The van der Waals surface area contributed by atoms with Gasteiger partial charge in [0.15, 0.2) is 5.82 Å². The molecule has 2 heterocycles. The van der Waals surface area contributed by atoms with Gasteiger partial charge in [-0.2, -0.15) is 0 Å². The topological polar surface area (TPSA) is 51.1 Å². The zero-order chi connectivity index (χ0) is 22.3. The van der Waals surface area contributed by atoms with Crippen molar-refractivity contribution in [1.82, 2.24) is 15.0 Å². The molecule has 0 bridgehead atoms. The molecule has 33 heavy (non-hydrogen) atoms. The van der Waals surface area contributed by atoms with Crippen molar-refractivity contribution in [3.8, 4) is 17.1 Å². The number of rotatable bonds is 8. The summed E-state index contributed by atoms with van der Waals surface area (Å²) in [5, 5.41) is 1.01. The van der Waals surface area contributed by atoms with Crippen LogP contribution in [0.5, 0.6) is 5.75 Å². The van der Waals surface area contributed by atoms with Crippen molar-refractivity contribution in [2.24, 2.45) is 0 Å². The maximum atomic E-state index is 6.03. The minimum absolute atomic E-state index is 0.539. The quantitative estimate of drug-likeness (QED) is 0.311.